The van der Waals surface area contributed by atoms with Gasteiger partial charge in [0, 0.05) is 10.6 Å². The fraction of sp³-hybridized carbons (Fsp3) is 0.0625. The van der Waals surface area contributed by atoms with Crippen LogP contribution < -0.4 is 15.5 Å². The quantitative estimate of drug-likeness (QED) is 0.755. The number of rotatable bonds is 6. The topological polar surface area (TPSA) is 109 Å². The summed E-state index contributed by atoms with van der Waals surface area (Å²) in [5.41, 5.74) is -0.639. The zero-order valence-corrected chi connectivity index (χ0v) is 12.6. The van der Waals surface area contributed by atoms with Gasteiger partial charge in [-0.25, -0.2) is 0 Å². The monoisotopic (exact) mass is 329 g/mol. The lowest BCUT2D eigenvalue weighted by molar-refractivity contribution is -0.255. The molecule has 0 aromatic heterocycles. The molecule has 1 amide bonds. The van der Waals surface area contributed by atoms with E-state index in [9.17, 15) is 24.6 Å². The summed E-state index contributed by atoms with van der Waals surface area (Å²) in [7, 11) is 0. The van der Waals surface area contributed by atoms with Crippen molar-refractivity contribution in [3.63, 3.8) is 0 Å². The number of aromatic carboxylic acids is 2. The van der Waals surface area contributed by atoms with Gasteiger partial charge in [-0.2, -0.15) is 0 Å². The Morgan fingerprint density at radius 1 is 0.913 bits per heavy atom. The smallest absolute Gasteiger partial charge is 0.234 e. The van der Waals surface area contributed by atoms with Crippen LogP contribution in [-0.2, 0) is 4.79 Å². The molecule has 6 nitrogen and oxygen atoms in total. The minimum atomic E-state index is -1.54. The maximum atomic E-state index is 11.9. The van der Waals surface area contributed by atoms with Crippen molar-refractivity contribution in [2.75, 3.05) is 11.1 Å². The van der Waals surface area contributed by atoms with Gasteiger partial charge in [0.15, 0.2) is 0 Å². The lowest BCUT2D eigenvalue weighted by Gasteiger charge is -2.12. The Morgan fingerprint density at radius 2 is 1.48 bits per heavy atom. The number of carbonyl (C=O) groups is 3. The molecular formula is C16H11NO5S-2. The second-order valence-corrected chi connectivity index (χ2v) is 5.57. The van der Waals surface area contributed by atoms with E-state index in [1.54, 1.807) is 0 Å². The van der Waals surface area contributed by atoms with Crippen LogP contribution in [0.25, 0.3) is 0 Å². The number of carboxylic acids is 2. The fourth-order valence-electron chi connectivity index (χ4n) is 1.80. The van der Waals surface area contributed by atoms with E-state index < -0.39 is 17.8 Å². The van der Waals surface area contributed by atoms with Gasteiger partial charge in [-0.05, 0) is 41.5 Å². The van der Waals surface area contributed by atoms with Crippen LogP contribution in [0.15, 0.2) is 53.4 Å². The van der Waals surface area contributed by atoms with Gasteiger partial charge in [0.05, 0.1) is 17.7 Å². The van der Waals surface area contributed by atoms with E-state index in [0.717, 1.165) is 23.1 Å². The third-order valence-corrected chi connectivity index (χ3v) is 3.81. The number of carboxylic acid groups (broad SMARTS) is 2. The number of amides is 1. The molecule has 0 radical (unpaired) electrons. The van der Waals surface area contributed by atoms with Gasteiger partial charge in [-0.3, -0.25) is 4.79 Å². The molecule has 0 unspecified atom stereocenters. The number of carbonyl (C=O) groups excluding carboxylic acids is 3. The summed E-state index contributed by atoms with van der Waals surface area (Å²) in [6.45, 7) is 0. The van der Waals surface area contributed by atoms with Gasteiger partial charge < -0.3 is 25.1 Å². The van der Waals surface area contributed by atoms with Crippen molar-refractivity contribution in [1.82, 2.24) is 0 Å². The van der Waals surface area contributed by atoms with Crippen molar-refractivity contribution in [1.29, 1.82) is 0 Å². The molecule has 0 atom stereocenters. The molecule has 0 fully saturated rings. The molecule has 0 saturated heterocycles. The number of hydrogen-bond acceptors (Lipinski definition) is 6. The van der Waals surface area contributed by atoms with Crippen molar-refractivity contribution in [3.8, 4) is 0 Å². The molecule has 0 heterocycles. The SMILES string of the molecule is O=C(CSc1ccccc1)Nc1cc(C(=O)[O-])cc(C(=O)[O-])c1. The summed E-state index contributed by atoms with van der Waals surface area (Å²) < 4.78 is 0. The van der Waals surface area contributed by atoms with Crippen LogP contribution in [0.2, 0.25) is 0 Å². The standard InChI is InChI=1S/C16H13NO5S/c18-14(9-23-13-4-2-1-3-5-13)17-12-7-10(15(19)20)6-11(8-12)16(21)22/h1-8H,9H2,(H,17,18)(H,19,20)(H,21,22)/p-2. The molecular weight excluding hydrogens is 318 g/mol. The van der Waals surface area contributed by atoms with Gasteiger partial charge in [-0.15, -0.1) is 11.8 Å². The minimum absolute atomic E-state index is 0.0598. The Morgan fingerprint density at radius 3 is 2.00 bits per heavy atom. The molecule has 23 heavy (non-hydrogen) atoms. The minimum Gasteiger partial charge on any atom is -0.545 e. The third-order valence-electron chi connectivity index (χ3n) is 2.80. The second kappa shape index (κ2) is 7.46. The van der Waals surface area contributed by atoms with E-state index in [0.29, 0.717) is 0 Å². The van der Waals surface area contributed by atoms with Gasteiger partial charge in [0.25, 0.3) is 0 Å². The van der Waals surface area contributed by atoms with Crippen molar-refractivity contribution >= 4 is 35.3 Å². The van der Waals surface area contributed by atoms with Crippen molar-refractivity contribution in [2.24, 2.45) is 0 Å². The first-order valence-electron chi connectivity index (χ1n) is 6.51. The summed E-state index contributed by atoms with van der Waals surface area (Å²) in [5.74, 6) is -3.37. The number of thioether (sulfide) groups is 1. The predicted octanol–water partition coefficient (Wildman–Crippen LogP) is 0.144. The molecule has 118 valence electrons. The zero-order valence-electron chi connectivity index (χ0n) is 11.8. The highest BCUT2D eigenvalue weighted by Crippen LogP contribution is 2.18. The van der Waals surface area contributed by atoms with E-state index in [1.165, 1.54) is 11.8 Å². The molecule has 2 aromatic carbocycles. The van der Waals surface area contributed by atoms with Crippen molar-refractivity contribution in [2.45, 2.75) is 4.90 Å². The van der Waals surface area contributed by atoms with Crippen LogP contribution in [0, 0.1) is 0 Å². The molecule has 7 heteroatoms. The number of benzene rings is 2. The van der Waals surface area contributed by atoms with Crippen LogP contribution in [-0.4, -0.2) is 23.6 Å². The van der Waals surface area contributed by atoms with Gasteiger partial charge in [0.1, 0.15) is 0 Å². The average molecular weight is 329 g/mol. The zero-order chi connectivity index (χ0) is 16.8. The maximum absolute atomic E-state index is 11.9. The first-order valence-corrected chi connectivity index (χ1v) is 7.50. The predicted molar refractivity (Wildman–Crippen MR) is 80.9 cm³/mol. The molecule has 2 rings (SSSR count). The van der Waals surface area contributed by atoms with E-state index in [4.69, 9.17) is 0 Å². The number of nitrogens with one attached hydrogen (secondary N) is 1. The molecule has 0 bridgehead atoms. The van der Waals surface area contributed by atoms with Gasteiger partial charge in [0.2, 0.25) is 5.91 Å². The normalized spacial score (nSPS) is 10.1. The second-order valence-electron chi connectivity index (χ2n) is 4.52. The summed E-state index contributed by atoms with van der Waals surface area (Å²) >= 11 is 1.30. The largest absolute Gasteiger partial charge is 0.545 e. The summed E-state index contributed by atoms with van der Waals surface area (Å²) in [4.78, 5) is 34.6. The molecule has 0 saturated carbocycles. The molecule has 0 aliphatic heterocycles. The van der Waals surface area contributed by atoms with E-state index in [2.05, 4.69) is 5.32 Å². The maximum Gasteiger partial charge on any atom is 0.234 e. The fourth-order valence-corrected chi connectivity index (χ4v) is 2.52. The summed E-state index contributed by atoms with van der Waals surface area (Å²) in [5, 5.41) is 24.2. The summed E-state index contributed by atoms with van der Waals surface area (Å²) in [6, 6.07) is 12.4. The Labute approximate surface area is 136 Å². The highest BCUT2D eigenvalue weighted by atomic mass is 32.2. The molecule has 0 aliphatic rings. The lowest BCUT2D eigenvalue weighted by Crippen LogP contribution is -2.26. The molecule has 1 N–H and O–H groups in total. The Kier molecular flexibility index (Phi) is 5.37. The lowest BCUT2D eigenvalue weighted by atomic mass is 10.1. The highest BCUT2D eigenvalue weighted by molar-refractivity contribution is 8.00. The van der Waals surface area contributed by atoms with E-state index >= 15 is 0 Å². The van der Waals surface area contributed by atoms with E-state index in [-0.39, 0.29) is 22.6 Å². The Balaban J connectivity index is 2.07. The van der Waals surface area contributed by atoms with Crippen LogP contribution in [0.4, 0.5) is 5.69 Å². The molecule has 0 spiro atoms. The van der Waals surface area contributed by atoms with Crippen LogP contribution in [0.5, 0.6) is 0 Å². The average Bonchev–Trinajstić information content (AvgIpc) is 2.53. The first kappa shape index (κ1) is 16.6. The molecule has 0 aliphatic carbocycles. The Hall–Kier alpha value is -2.80. The van der Waals surface area contributed by atoms with Gasteiger partial charge in [-0.1, -0.05) is 18.2 Å². The highest BCUT2D eigenvalue weighted by Gasteiger charge is 2.07. The van der Waals surface area contributed by atoms with Gasteiger partial charge >= 0.3 is 0 Å². The number of anilines is 1. The van der Waals surface area contributed by atoms with Crippen LogP contribution >= 0.6 is 11.8 Å². The van der Waals surface area contributed by atoms with Crippen LogP contribution in [0.1, 0.15) is 20.7 Å². The first-order chi connectivity index (χ1) is 11.0. The Bertz CT molecular complexity index is 713. The molecule has 2 aromatic rings. The van der Waals surface area contributed by atoms with Crippen molar-refractivity contribution in [3.05, 3.63) is 59.7 Å². The third kappa shape index (κ3) is 4.86. The number of hydrogen-bond donors (Lipinski definition) is 1. The van der Waals surface area contributed by atoms with Crippen molar-refractivity contribution < 1.29 is 24.6 Å². The van der Waals surface area contributed by atoms with E-state index in [1.807, 2.05) is 30.3 Å². The van der Waals surface area contributed by atoms with Crippen LogP contribution in [0.3, 0.4) is 0 Å². The summed E-state index contributed by atoms with van der Waals surface area (Å²) in [6.07, 6.45) is 0.